The van der Waals surface area contributed by atoms with Crippen molar-refractivity contribution >= 4 is 52.2 Å². The number of hydrogen-bond acceptors (Lipinski definition) is 4. The van der Waals surface area contributed by atoms with Crippen molar-refractivity contribution in [2.24, 2.45) is 0 Å². The zero-order valence-electron chi connectivity index (χ0n) is 14.6. The number of amides is 2. The number of carbonyl (C=O) groups is 2. The highest BCUT2D eigenvalue weighted by atomic mass is 35.5. The number of imide groups is 1. The molecule has 0 radical (unpaired) electrons. The summed E-state index contributed by atoms with van der Waals surface area (Å²) in [7, 11) is 0. The van der Waals surface area contributed by atoms with Crippen molar-refractivity contribution in [3.63, 3.8) is 0 Å². The van der Waals surface area contributed by atoms with Crippen molar-refractivity contribution in [1.82, 2.24) is 4.90 Å². The molecule has 1 fully saturated rings. The number of benzene rings is 2. The van der Waals surface area contributed by atoms with Crippen LogP contribution < -0.4 is 4.74 Å². The third kappa shape index (κ3) is 4.67. The molecule has 2 aromatic rings. The molecule has 1 saturated heterocycles. The van der Waals surface area contributed by atoms with Crippen LogP contribution in [0.4, 0.5) is 4.79 Å². The van der Waals surface area contributed by atoms with Gasteiger partial charge in [-0.3, -0.25) is 14.5 Å². The molecule has 3 rings (SSSR count). The zero-order valence-corrected chi connectivity index (χ0v) is 16.9. The Bertz CT molecular complexity index is 876. The maximum absolute atomic E-state index is 12.7. The molecule has 4 nitrogen and oxygen atoms in total. The van der Waals surface area contributed by atoms with Gasteiger partial charge in [-0.2, -0.15) is 0 Å². The van der Waals surface area contributed by atoms with Gasteiger partial charge in [0, 0.05) is 15.6 Å². The lowest BCUT2D eigenvalue weighted by Gasteiger charge is -2.14. The molecule has 1 aliphatic rings. The first-order valence-electron chi connectivity index (χ1n) is 8.40. The Balaban J connectivity index is 1.76. The summed E-state index contributed by atoms with van der Waals surface area (Å²) in [4.78, 5) is 26.5. The van der Waals surface area contributed by atoms with Crippen LogP contribution in [0.25, 0.3) is 6.08 Å². The van der Waals surface area contributed by atoms with E-state index in [-0.39, 0.29) is 17.7 Å². The first-order chi connectivity index (χ1) is 13.0. The van der Waals surface area contributed by atoms with Crippen molar-refractivity contribution in [1.29, 1.82) is 0 Å². The van der Waals surface area contributed by atoms with Crippen LogP contribution >= 0.6 is 35.0 Å². The molecule has 7 heteroatoms. The molecule has 0 N–H and O–H groups in total. The molecule has 1 heterocycles. The van der Waals surface area contributed by atoms with Crippen molar-refractivity contribution in [2.75, 3.05) is 6.61 Å². The maximum atomic E-state index is 12.7. The number of thioether (sulfide) groups is 1. The monoisotopic (exact) mass is 421 g/mol. The second-order valence-corrected chi connectivity index (χ2v) is 7.69. The van der Waals surface area contributed by atoms with Crippen LogP contribution in [0.15, 0.2) is 47.4 Å². The molecule has 0 saturated carbocycles. The number of nitrogens with zero attached hydrogens (tertiary/aromatic N) is 1. The van der Waals surface area contributed by atoms with Crippen molar-refractivity contribution in [3.05, 3.63) is 68.5 Å². The molecular weight excluding hydrogens is 405 g/mol. The highest BCUT2D eigenvalue weighted by Gasteiger charge is 2.35. The highest BCUT2D eigenvalue weighted by molar-refractivity contribution is 8.18. The number of hydrogen-bond donors (Lipinski definition) is 0. The minimum atomic E-state index is -0.354. The van der Waals surface area contributed by atoms with Gasteiger partial charge in [0.1, 0.15) is 5.75 Å². The van der Waals surface area contributed by atoms with E-state index < -0.39 is 0 Å². The van der Waals surface area contributed by atoms with E-state index in [0.717, 1.165) is 34.4 Å². The predicted octanol–water partition coefficient (Wildman–Crippen LogP) is 6.02. The van der Waals surface area contributed by atoms with Gasteiger partial charge in [0.25, 0.3) is 11.1 Å². The van der Waals surface area contributed by atoms with Gasteiger partial charge in [-0.25, -0.2) is 0 Å². The summed E-state index contributed by atoms with van der Waals surface area (Å²) in [5.41, 5.74) is 1.38. The molecular formula is C20H17Cl2NO3S. The predicted molar refractivity (Wildman–Crippen MR) is 110 cm³/mol. The minimum Gasteiger partial charge on any atom is -0.494 e. The lowest BCUT2D eigenvalue weighted by Crippen LogP contribution is -2.27. The van der Waals surface area contributed by atoms with E-state index in [4.69, 9.17) is 27.9 Å². The lowest BCUT2D eigenvalue weighted by atomic mass is 10.2. The summed E-state index contributed by atoms with van der Waals surface area (Å²) < 4.78 is 5.54. The Kier molecular flexibility index (Phi) is 6.47. The second-order valence-electron chi connectivity index (χ2n) is 5.89. The Morgan fingerprint density at radius 3 is 2.37 bits per heavy atom. The van der Waals surface area contributed by atoms with E-state index in [1.807, 2.05) is 31.2 Å². The number of rotatable bonds is 6. The number of halogens is 2. The Morgan fingerprint density at radius 1 is 1.07 bits per heavy atom. The van der Waals surface area contributed by atoms with Crippen LogP contribution in [0.1, 0.15) is 24.5 Å². The van der Waals surface area contributed by atoms with Crippen LogP contribution in [-0.4, -0.2) is 22.7 Å². The first kappa shape index (κ1) is 19.8. The quantitative estimate of drug-likeness (QED) is 0.534. The molecule has 0 unspecified atom stereocenters. The molecule has 27 heavy (non-hydrogen) atoms. The average molecular weight is 422 g/mol. The van der Waals surface area contributed by atoms with Gasteiger partial charge >= 0.3 is 0 Å². The summed E-state index contributed by atoms with van der Waals surface area (Å²) in [6, 6.07) is 12.5. The van der Waals surface area contributed by atoms with Crippen molar-refractivity contribution < 1.29 is 14.3 Å². The normalized spacial score (nSPS) is 15.7. The lowest BCUT2D eigenvalue weighted by molar-refractivity contribution is -0.123. The van der Waals surface area contributed by atoms with Crippen molar-refractivity contribution in [2.45, 2.75) is 19.9 Å². The molecule has 0 aliphatic carbocycles. The fourth-order valence-electron chi connectivity index (χ4n) is 2.51. The van der Waals surface area contributed by atoms with Gasteiger partial charge in [-0.1, -0.05) is 48.3 Å². The molecule has 0 atom stereocenters. The number of ether oxygens (including phenoxy) is 1. The number of carbonyl (C=O) groups excluding carboxylic acids is 2. The summed E-state index contributed by atoms with van der Waals surface area (Å²) in [5, 5.41) is 0.506. The summed E-state index contributed by atoms with van der Waals surface area (Å²) in [6.45, 7) is 2.74. The molecule has 0 aromatic heterocycles. The fourth-order valence-corrected chi connectivity index (χ4v) is 3.86. The van der Waals surface area contributed by atoms with Gasteiger partial charge in [-0.15, -0.1) is 0 Å². The van der Waals surface area contributed by atoms with E-state index in [1.54, 1.807) is 24.3 Å². The summed E-state index contributed by atoms with van der Waals surface area (Å²) in [5.74, 6) is 0.419. The van der Waals surface area contributed by atoms with Gasteiger partial charge in [-0.05, 0) is 54.1 Å². The van der Waals surface area contributed by atoms with Crippen molar-refractivity contribution in [3.8, 4) is 5.75 Å². The van der Waals surface area contributed by atoms with Crippen LogP contribution in [0.5, 0.6) is 5.75 Å². The van der Waals surface area contributed by atoms with Crippen LogP contribution in [0.3, 0.4) is 0 Å². The molecule has 140 valence electrons. The minimum absolute atomic E-state index is 0.0459. The smallest absolute Gasteiger partial charge is 0.293 e. The summed E-state index contributed by atoms with van der Waals surface area (Å²) >= 11 is 13.2. The SMILES string of the molecule is CCCOc1ccc(/C=C2\SC(=O)N(Cc3c(Cl)cccc3Cl)C2=O)cc1. The maximum Gasteiger partial charge on any atom is 0.293 e. The zero-order chi connectivity index (χ0) is 19.4. The molecule has 2 aromatic carbocycles. The fraction of sp³-hybridized carbons (Fsp3) is 0.200. The molecule has 1 aliphatic heterocycles. The van der Waals surface area contributed by atoms with E-state index in [1.165, 1.54) is 0 Å². The topological polar surface area (TPSA) is 46.6 Å². The van der Waals surface area contributed by atoms with Gasteiger partial charge in [0.05, 0.1) is 18.1 Å². The third-order valence-corrected chi connectivity index (χ3v) is 5.52. The summed E-state index contributed by atoms with van der Waals surface area (Å²) in [6.07, 6.45) is 2.63. The van der Waals surface area contributed by atoms with Crippen LogP contribution in [0, 0.1) is 0 Å². The van der Waals surface area contributed by atoms with Gasteiger partial charge in [0.15, 0.2) is 0 Å². The van der Waals surface area contributed by atoms with Gasteiger partial charge < -0.3 is 4.74 Å². The van der Waals surface area contributed by atoms with Gasteiger partial charge in [0.2, 0.25) is 0 Å². The van der Waals surface area contributed by atoms with E-state index in [2.05, 4.69) is 0 Å². The largest absolute Gasteiger partial charge is 0.494 e. The van der Waals surface area contributed by atoms with E-state index in [9.17, 15) is 9.59 Å². The van der Waals surface area contributed by atoms with Crippen LogP contribution in [-0.2, 0) is 11.3 Å². The highest BCUT2D eigenvalue weighted by Crippen LogP contribution is 2.35. The Labute approximate surface area is 172 Å². The average Bonchev–Trinajstić information content (AvgIpc) is 2.91. The molecule has 2 amide bonds. The Hall–Kier alpha value is -1.95. The second kappa shape index (κ2) is 8.83. The van der Waals surface area contributed by atoms with E-state index >= 15 is 0 Å². The molecule has 0 spiro atoms. The molecule has 0 bridgehead atoms. The Morgan fingerprint density at radius 2 is 1.74 bits per heavy atom. The van der Waals surface area contributed by atoms with Crippen LogP contribution in [0.2, 0.25) is 10.0 Å². The standard InChI is InChI=1S/C20H17Cl2NO3S/c1-2-10-26-14-8-6-13(7-9-14)11-18-19(24)23(20(25)27-18)12-15-16(21)4-3-5-17(15)22/h3-9,11H,2,10,12H2,1H3/b18-11-. The first-order valence-corrected chi connectivity index (χ1v) is 9.98. The van der Waals surface area contributed by atoms with E-state index in [0.29, 0.717) is 27.1 Å². The third-order valence-electron chi connectivity index (χ3n) is 3.90.